The summed E-state index contributed by atoms with van der Waals surface area (Å²) in [6.07, 6.45) is 7.29. The number of piperidine rings is 1. The largest absolute Gasteiger partial charge is 0.334 e. The first-order valence-corrected chi connectivity index (χ1v) is 8.14. The molecule has 0 aliphatic carbocycles. The highest BCUT2D eigenvalue weighted by Gasteiger charge is 2.18. The van der Waals surface area contributed by atoms with Crippen molar-refractivity contribution in [1.82, 2.24) is 14.9 Å². The average Bonchev–Trinajstić information content (AvgIpc) is 2.96. The minimum absolute atomic E-state index is 0.571. The first-order chi connectivity index (χ1) is 10.2. The van der Waals surface area contributed by atoms with Crippen LogP contribution in [0.4, 0.5) is 0 Å². The lowest BCUT2D eigenvalue weighted by molar-refractivity contribution is 0.440. The van der Waals surface area contributed by atoms with Crippen molar-refractivity contribution in [3.05, 3.63) is 52.0 Å². The summed E-state index contributed by atoms with van der Waals surface area (Å²) in [6, 6.07) is 5.70. The van der Waals surface area contributed by atoms with Crippen LogP contribution in [-0.4, -0.2) is 22.6 Å². The monoisotopic (exact) mass is 323 g/mol. The van der Waals surface area contributed by atoms with Crippen LogP contribution in [0, 0.1) is 0 Å². The number of nitrogens with zero attached hydrogens (tertiary/aromatic N) is 2. The highest BCUT2D eigenvalue weighted by molar-refractivity contribution is 6.35. The van der Waals surface area contributed by atoms with E-state index in [0.717, 1.165) is 36.6 Å². The fourth-order valence-corrected chi connectivity index (χ4v) is 3.43. The van der Waals surface area contributed by atoms with Crippen LogP contribution < -0.4 is 5.32 Å². The van der Waals surface area contributed by atoms with Crippen molar-refractivity contribution in [3.8, 4) is 0 Å². The molecule has 112 valence electrons. The van der Waals surface area contributed by atoms with Crippen molar-refractivity contribution in [2.75, 3.05) is 13.1 Å². The van der Waals surface area contributed by atoms with Gasteiger partial charge in [-0.1, -0.05) is 29.3 Å². The maximum absolute atomic E-state index is 6.24. The van der Waals surface area contributed by atoms with Gasteiger partial charge >= 0.3 is 0 Å². The van der Waals surface area contributed by atoms with E-state index in [0.29, 0.717) is 10.9 Å². The Morgan fingerprint density at radius 3 is 3.00 bits per heavy atom. The third-order valence-corrected chi connectivity index (χ3v) is 4.68. The van der Waals surface area contributed by atoms with Gasteiger partial charge in [-0.25, -0.2) is 4.98 Å². The molecule has 1 aromatic heterocycles. The quantitative estimate of drug-likeness (QED) is 0.924. The van der Waals surface area contributed by atoms with Gasteiger partial charge in [0.1, 0.15) is 0 Å². The summed E-state index contributed by atoms with van der Waals surface area (Å²) in [5.74, 6) is 0.571. The van der Waals surface area contributed by atoms with Crippen molar-refractivity contribution in [3.63, 3.8) is 0 Å². The van der Waals surface area contributed by atoms with Gasteiger partial charge in [-0.2, -0.15) is 0 Å². The second-order valence-electron chi connectivity index (χ2n) is 5.54. The van der Waals surface area contributed by atoms with Crippen LogP contribution in [0.3, 0.4) is 0 Å². The summed E-state index contributed by atoms with van der Waals surface area (Å²) in [4.78, 5) is 4.33. The standard InChI is InChI=1S/C16H19Cl2N3/c17-14-4-3-12(15(18)8-14)5-7-21-11-20-10-16(21)13-2-1-6-19-9-13/h3-4,8,10-11,13,19H,1-2,5-7,9H2. The Morgan fingerprint density at radius 2 is 2.24 bits per heavy atom. The number of aromatic nitrogens is 2. The number of aryl methyl sites for hydroxylation is 2. The van der Waals surface area contributed by atoms with Crippen LogP contribution in [0.25, 0.3) is 0 Å². The Labute approximate surface area is 135 Å². The van der Waals surface area contributed by atoms with Crippen molar-refractivity contribution in [2.45, 2.75) is 31.7 Å². The smallest absolute Gasteiger partial charge is 0.0948 e. The molecule has 5 heteroatoms. The van der Waals surface area contributed by atoms with Gasteiger partial charge in [-0.3, -0.25) is 0 Å². The van der Waals surface area contributed by atoms with E-state index < -0.39 is 0 Å². The van der Waals surface area contributed by atoms with Gasteiger partial charge in [-0.05, 0) is 43.5 Å². The predicted molar refractivity (Wildman–Crippen MR) is 87.2 cm³/mol. The second-order valence-corrected chi connectivity index (χ2v) is 6.38. The molecule has 3 rings (SSSR count). The molecule has 2 aromatic rings. The summed E-state index contributed by atoms with van der Waals surface area (Å²) in [5.41, 5.74) is 2.45. The van der Waals surface area contributed by atoms with Crippen LogP contribution in [0.5, 0.6) is 0 Å². The lowest BCUT2D eigenvalue weighted by atomic mass is 9.96. The van der Waals surface area contributed by atoms with Crippen LogP contribution in [-0.2, 0) is 13.0 Å². The van der Waals surface area contributed by atoms with Crippen molar-refractivity contribution >= 4 is 23.2 Å². The molecule has 1 aliphatic rings. The number of halogens is 2. The SMILES string of the molecule is Clc1ccc(CCn2cncc2C2CCCNC2)c(Cl)c1. The first kappa shape index (κ1) is 14.9. The summed E-state index contributed by atoms with van der Waals surface area (Å²) < 4.78 is 2.25. The Hall–Kier alpha value is -1.03. The van der Waals surface area contributed by atoms with Crippen molar-refractivity contribution < 1.29 is 0 Å². The Morgan fingerprint density at radius 1 is 1.33 bits per heavy atom. The summed E-state index contributed by atoms with van der Waals surface area (Å²) in [6.45, 7) is 3.07. The maximum atomic E-state index is 6.24. The number of imidazole rings is 1. The predicted octanol–water partition coefficient (Wildman–Crippen LogP) is 3.90. The summed E-state index contributed by atoms with van der Waals surface area (Å²) in [5, 5.41) is 4.88. The van der Waals surface area contributed by atoms with Gasteiger partial charge in [0.2, 0.25) is 0 Å². The zero-order valence-electron chi connectivity index (χ0n) is 11.9. The summed E-state index contributed by atoms with van der Waals surface area (Å²) >= 11 is 12.2. The normalized spacial score (nSPS) is 18.9. The average molecular weight is 324 g/mol. The number of hydrogen-bond acceptors (Lipinski definition) is 2. The molecule has 0 spiro atoms. The molecule has 2 heterocycles. The van der Waals surface area contributed by atoms with E-state index in [2.05, 4.69) is 14.9 Å². The Balaban J connectivity index is 1.69. The third-order valence-electron chi connectivity index (χ3n) is 4.10. The van der Waals surface area contributed by atoms with Crippen LogP contribution >= 0.6 is 23.2 Å². The number of benzene rings is 1. The molecular formula is C16H19Cl2N3. The Kier molecular flexibility index (Phi) is 4.84. The van der Waals surface area contributed by atoms with Gasteiger partial charge < -0.3 is 9.88 Å². The highest BCUT2D eigenvalue weighted by atomic mass is 35.5. The highest BCUT2D eigenvalue weighted by Crippen LogP contribution is 2.25. The minimum atomic E-state index is 0.571. The van der Waals surface area contributed by atoms with E-state index in [9.17, 15) is 0 Å². The topological polar surface area (TPSA) is 29.9 Å². The molecule has 0 saturated carbocycles. The third kappa shape index (κ3) is 3.60. The van der Waals surface area contributed by atoms with E-state index in [1.807, 2.05) is 24.7 Å². The molecule has 1 saturated heterocycles. The van der Waals surface area contributed by atoms with Gasteiger partial charge in [0, 0.05) is 40.9 Å². The van der Waals surface area contributed by atoms with Crippen LogP contribution in [0.2, 0.25) is 10.0 Å². The molecule has 21 heavy (non-hydrogen) atoms. The molecule has 1 atom stereocenters. The van der Waals surface area contributed by atoms with Crippen LogP contribution in [0.1, 0.15) is 30.0 Å². The molecule has 3 nitrogen and oxygen atoms in total. The molecule has 1 aromatic carbocycles. The van der Waals surface area contributed by atoms with Gasteiger partial charge in [-0.15, -0.1) is 0 Å². The van der Waals surface area contributed by atoms with Gasteiger partial charge in [0.05, 0.1) is 6.33 Å². The number of hydrogen-bond donors (Lipinski definition) is 1. The fraction of sp³-hybridized carbons (Fsp3) is 0.438. The molecule has 0 bridgehead atoms. The zero-order chi connectivity index (χ0) is 14.7. The summed E-state index contributed by atoms with van der Waals surface area (Å²) in [7, 11) is 0. The van der Waals surface area contributed by atoms with E-state index in [4.69, 9.17) is 23.2 Å². The van der Waals surface area contributed by atoms with Crippen molar-refractivity contribution in [2.24, 2.45) is 0 Å². The molecule has 1 N–H and O–H groups in total. The lowest BCUT2D eigenvalue weighted by Crippen LogP contribution is -2.29. The maximum Gasteiger partial charge on any atom is 0.0948 e. The zero-order valence-corrected chi connectivity index (χ0v) is 13.4. The second kappa shape index (κ2) is 6.82. The van der Waals surface area contributed by atoms with E-state index in [-0.39, 0.29) is 0 Å². The minimum Gasteiger partial charge on any atom is -0.334 e. The first-order valence-electron chi connectivity index (χ1n) is 7.38. The fourth-order valence-electron chi connectivity index (χ4n) is 2.93. The molecular weight excluding hydrogens is 305 g/mol. The van der Waals surface area contributed by atoms with Crippen molar-refractivity contribution in [1.29, 1.82) is 0 Å². The molecule has 1 aliphatic heterocycles. The van der Waals surface area contributed by atoms with Gasteiger partial charge in [0.15, 0.2) is 0 Å². The van der Waals surface area contributed by atoms with E-state index >= 15 is 0 Å². The van der Waals surface area contributed by atoms with E-state index in [1.165, 1.54) is 18.5 Å². The Bertz CT molecular complexity index is 603. The lowest BCUT2D eigenvalue weighted by Gasteiger charge is -2.23. The molecule has 0 amide bonds. The number of rotatable bonds is 4. The van der Waals surface area contributed by atoms with E-state index in [1.54, 1.807) is 6.07 Å². The van der Waals surface area contributed by atoms with Crippen LogP contribution in [0.15, 0.2) is 30.7 Å². The molecule has 0 radical (unpaired) electrons. The number of nitrogens with one attached hydrogen (secondary N) is 1. The van der Waals surface area contributed by atoms with Gasteiger partial charge in [0.25, 0.3) is 0 Å². The molecule has 1 fully saturated rings. The molecule has 1 unspecified atom stereocenters.